The van der Waals surface area contributed by atoms with Gasteiger partial charge in [-0.05, 0) is 26.0 Å². The highest BCUT2D eigenvalue weighted by atomic mass is 16.5. The molecule has 124 valence electrons. The van der Waals surface area contributed by atoms with Gasteiger partial charge in [0, 0.05) is 18.5 Å². The van der Waals surface area contributed by atoms with Gasteiger partial charge < -0.3 is 13.8 Å². The van der Waals surface area contributed by atoms with Gasteiger partial charge in [-0.3, -0.25) is 4.79 Å². The maximum Gasteiger partial charge on any atom is 0.290 e. The van der Waals surface area contributed by atoms with Crippen LogP contribution < -0.4 is 0 Å². The van der Waals surface area contributed by atoms with Crippen molar-refractivity contribution in [2.24, 2.45) is 0 Å². The van der Waals surface area contributed by atoms with Crippen molar-refractivity contribution in [3.63, 3.8) is 0 Å². The minimum atomic E-state index is -0.130. The van der Waals surface area contributed by atoms with E-state index in [1.54, 1.807) is 11.0 Å². The van der Waals surface area contributed by atoms with Gasteiger partial charge in [-0.1, -0.05) is 5.16 Å². The van der Waals surface area contributed by atoms with Gasteiger partial charge in [0.2, 0.25) is 0 Å². The molecule has 1 aliphatic rings. The molecule has 1 aliphatic heterocycles. The number of aryl methyl sites for hydroxylation is 2. The number of carbonyl (C=O) groups excluding carboxylic acids is 1. The molecule has 4 rings (SSSR count). The summed E-state index contributed by atoms with van der Waals surface area (Å²) >= 11 is 0. The summed E-state index contributed by atoms with van der Waals surface area (Å²) in [5, 5.41) is 8.05. The van der Waals surface area contributed by atoms with Crippen molar-refractivity contribution in [3.8, 4) is 0 Å². The van der Waals surface area contributed by atoms with Gasteiger partial charge in [0.25, 0.3) is 5.91 Å². The molecular weight excluding hydrogens is 310 g/mol. The molecule has 0 unspecified atom stereocenters. The maximum absolute atomic E-state index is 12.6. The first-order valence-electron chi connectivity index (χ1n) is 7.78. The molecule has 0 aliphatic carbocycles. The monoisotopic (exact) mass is 327 g/mol. The highest BCUT2D eigenvalue weighted by Crippen LogP contribution is 2.20. The smallest absolute Gasteiger partial charge is 0.290 e. The molecule has 0 atom stereocenters. The van der Waals surface area contributed by atoms with Crippen LogP contribution in [0.1, 0.15) is 39.2 Å². The average molecular weight is 327 g/mol. The van der Waals surface area contributed by atoms with E-state index in [0.717, 1.165) is 22.8 Å². The van der Waals surface area contributed by atoms with Crippen LogP contribution in [0.2, 0.25) is 0 Å². The molecule has 0 bridgehead atoms. The number of carbonyl (C=O) groups is 1. The molecule has 8 heteroatoms. The first kappa shape index (κ1) is 14.7. The second kappa shape index (κ2) is 5.63. The number of furan rings is 1. The summed E-state index contributed by atoms with van der Waals surface area (Å²) in [6.45, 7) is 5.44. The summed E-state index contributed by atoms with van der Waals surface area (Å²) in [7, 11) is 0. The van der Waals surface area contributed by atoms with Crippen LogP contribution in [0.3, 0.4) is 0 Å². The van der Waals surface area contributed by atoms with Gasteiger partial charge in [0.1, 0.15) is 23.7 Å². The van der Waals surface area contributed by atoms with Gasteiger partial charge in [-0.25, -0.2) is 9.67 Å². The van der Waals surface area contributed by atoms with Crippen molar-refractivity contribution in [2.45, 2.75) is 33.4 Å². The summed E-state index contributed by atoms with van der Waals surface area (Å²) in [4.78, 5) is 18.5. The Morgan fingerprint density at radius 2 is 2.17 bits per heavy atom. The van der Waals surface area contributed by atoms with E-state index in [1.165, 1.54) is 6.33 Å². The van der Waals surface area contributed by atoms with Gasteiger partial charge in [0.15, 0.2) is 5.76 Å². The summed E-state index contributed by atoms with van der Waals surface area (Å²) in [5.41, 5.74) is 1.83. The van der Waals surface area contributed by atoms with Crippen LogP contribution in [-0.4, -0.2) is 37.3 Å². The van der Waals surface area contributed by atoms with Gasteiger partial charge >= 0.3 is 0 Å². The van der Waals surface area contributed by atoms with Crippen molar-refractivity contribution in [1.29, 1.82) is 0 Å². The second-order valence-electron chi connectivity index (χ2n) is 5.87. The molecule has 8 nitrogen and oxygen atoms in total. The summed E-state index contributed by atoms with van der Waals surface area (Å²) in [6.07, 6.45) is 2.07. The Morgan fingerprint density at radius 3 is 2.96 bits per heavy atom. The molecule has 3 aromatic heterocycles. The molecule has 24 heavy (non-hydrogen) atoms. The zero-order valence-corrected chi connectivity index (χ0v) is 13.5. The van der Waals surface area contributed by atoms with Crippen LogP contribution >= 0.6 is 0 Å². The number of amides is 1. The molecular formula is C16H17N5O3. The predicted molar refractivity (Wildman–Crippen MR) is 82.3 cm³/mol. The van der Waals surface area contributed by atoms with Crippen molar-refractivity contribution in [2.75, 3.05) is 6.54 Å². The largest absolute Gasteiger partial charge is 0.456 e. The molecule has 0 N–H and O–H groups in total. The molecule has 0 saturated carbocycles. The third kappa shape index (κ3) is 2.49. The Kier molecular flexibility index (Phi) is 3.44. The minimum absolute atomic E-state index is 0.130. The fourth-order valence-corrected chi connectivity index (χ4v) is 2.91. The van der Waals surface area contributed by atoms with Crippen LogP contribution in [-0.2, 0) is 19.5 Å². The Balaban J connectivity index is 1.50. The molecule has 0 saturated heterocycles. The van der Waals surface area contributed by atoms with Gasteiger partial charge in [0.05, 0.1) is 18.8 Å². The lowest BCUT2D eigenvalue weighted by atomic mass is 10.1. The summed E-state index contributed by atoms with van der Waals surface area (Å²) in [5.74, 6) is 2.48. The molecule has 0 radical (unpaired) electrons. The van der Waals surface area contributed by atoms with Crippen molar-refractivity contribution < 1.29 is 13.7 Å². The second-order valence-corrected chi connectivity index (χ2v) is 5.87. The number of hydrogen-bond acceptors (Lipinski definition) is 6. The Morgan fingerprint density at radius 1 is 1.29 bits per heavy atom. The van der Waals surface area contributed by atoms with Crippen LogP contribution in [0.25, 0.3) is 0 Å². The van der Waals surface area contributed by atoms with E-state index in [1.807, 2.05) is 24.6 Å². The van der Waals surface area contributed by atoms with Crippen LogP contribution in [0.5, 0.6) is 0 Å². The fraction of sp³-hybridized carbons (Fsp3) is 0.375. The lowest BCUT2D eigenvalue weighted by Gasteiger charge is -2.25. The molecule has 0 aromatic carbocycles. The van der Waals surface area contributed by atoms with Crippen molar-refractivity contribution in [3.05, 3.63) is 52.8 Å². The average Bonchev–Trinajstić information content (AvgIpc) is 3.30. The standard InChI is InChI=1S/C16H17N5O3/c1-10-13(11(2)24-19-10)7-12-3-4-14(23-12)16(22)20-5-6-21-15(8-20)17-9-18-21/h3-4,9H,5-8H2,1-2H3. The van der Waals surface area contributed by atoms with E-state index in [9.17, 15) is 4.79 Å². The molecule has 1 amide bonds. The van der Waals surface area contributed by atoms with E-state index >= 15 is 0 Å². The van der Waals surface area contributed by atoms with E-state index in [0.29, 0.717) is 37.6 Å². The summed E-state index contributed by atoms with van der Waals surface area (Å²) in [6, 6.07) is 3.54. The highest BCUT2D eigenvalue weighted by molar-refractivity contribution is 5.91. The highest BCUT2D eigenvalue weighted by Gasteiger charge is 2.25. The van der Waals surface area contributed by atoms with Crippen LogP contribution in [0.15, 0.2) is 27.4 Å². The van der Waals surface area contributed by atoms with Crippen molar-refractivity contribution in [1.82, 2.24) is 24.8 Å². The zero-order chi connectivity index (χ0) is 16.7. The van der Waals surface area contributed by atoms with Crippen LogP contribution in [0, 0.1) is 13.8 Å². The maximum atomic E-state index is 12.6. The third-order valence-electron chi connectivity index (χ3n) is 4.30. The number of nitrogens with zero attached hydrogens (tertiary/aromatic N) is 5. The number of hydrogen-bond donors (Lipinski definition) is 0. The third-order valence-corrected chi connectivity index (χ3v) is 4.30. The number of fused-ring (bicyclic) bond motifs is 1. The fourth-order valence-electron chi connectivity index (χ4n) is 2.91. The Hall–Kier alpha value is -2.90. The molecule has 0 spiro atoms. The van der Waals surface area contributed by atoms with E-state index in [4.69, 9.17) is 8.94 Å². The quantitative estimate of drug-likeness (QED) is 0.727. The Labute approximate surface area is 138 Å². The normalized spacial score (nSPS) is 14.0. The summed E-state index contributed by atoms with van der Waals surface area (Å²) < 4.78 is 12.7. The van der Waals surface area contributed by atoms with Gasteiger partial charge in [-0.15, -0.1) is 0 Å². The number of aromatic nitrogens is 4. The molecule has 0 fully saturated rings. The topological polar surface area (TPSA) is 90.2 Å². The number of rotatable bonds is 3. The SMILES string of the molecule is Cc1noc(C)c1Cc1ccc(C(=O)N2CCn3ncnc3C2)o1. The predicted octanol–water partition coefficient (Wildman–Crippen LogP) is 1.72. The minimum Gasteiger partial charge on any atom is -0.456 e. The van der Waals surface area contributed by atoms with E-state index in [2.05, 4.69) is 15.2 Å². The Bertz CT molecular complexity index is 872. The lowest BCUT2D eigenvalue weighted by molar-refractivity contribution is 0.0668. The van der Waals surface area contributed by atoms with Crippen LogP contribution in [0.4, 0.5) is 0 Å². The zero-order valence-electron chi connectivity index (χ0n) is 13.5. The van der Waals surface area contributed by atoms with Crippen molar-refractivity contribution >= 4 is 5.91 Å². The first-order chi connectivity index (χ1) is 11.6. The lowest BCUT2D eigenvalue weighted by Crippen LogP contribution is -2.38. The van der Waals surface area contributed by atoms with E-state index in [-0.39, 0.29) is 5.91 Å². The molecule has 4 heterocycles. The molecule has 3 aromatic rings. The first-order valence-corrected chi connectivity index (χ1v) is 7.78. The van der Waals surface area contributed by atoms with E-state index < -0.39 is 0 Å². The van der Waals surface area contributed by atoms with Gasteiger partial charge in [-0.2, -0.15) is 5.10 Å².